The Balaban J connectivity index is 1.25. The predicted molar refractivity (Wildman–Crippen MR) is 149 cm³/mol. The lowest BCUT2D eigenvalue weighted by Crippen LogP contribution is -2.19. The summed E-state index contributed by atoms with van der Waals surface area (Å²) in [6.45, 7) is 3.56. The van der Waals surface area contributed by atoms with Crippen LogP contribution in [0.15, 0.2) is 76.8 Å². The van der Waals surface area contributed by atoms with E-state index in [-0.39, 0.29) is 0 Å². The van der Waals surface area contributed by atoms with E-state index >= 15 is 0 Å². The molecule has 1 unspecified atom stereocenters. The molecule has 2 aromatic heterocycles. The molecule has 0 radical (unpaired) electrons. The van der Waals surface area contributed by atoms with Crippen LogP contribution in [0.25, 0.3) is 32.7 Å². The maximum absolute atomic E-state index is 12.7. The summed E-state index contributed by atoms with van der Waals surface area (Å²) in [6, 6.07) is 21.1. The summed E-state index contributed by atoms with van der Waals surface area (Å²) in [6.07, 6.45) is 0.272. The molecule has 1 aliphatic carbocycles. The minimum absolute atomic E-state index is 0.423. The number of hydrogen-bond acceptors (Lipinski definition) is 7. The third-order valence-corrected chi connectivity index (χ3v) is 8.12. The van der Waals surface area contributed by atoms with E-state index in [0.29, 0.717) is 30.0 Å². The fraction of sp³-hybridized carbons (Fsp3) is 0.200. The Morgan fingerprint density at radius 1 is 1.05 bits per heavy atom. The molecular weight excluding hydrogens is 514 g/mol. The molecule has 0 bridgehead atoms. The zero-order chi connectivity index (χ0) is 27.1. The Labute approximate surface area is 228 Å². The van der Waals surface area contributed by atoms with Gasteiger partial charge in [0, 0.05) is 11.1 Å². The molecule has 1 fully saturated rings. The number of carboxylic acid groups (broad SMARTS) is 1. The Kier molecular flexibility index (Phi) is 6.15. The Bertz CT molecular complexity index is 1690. The van der Waals surface area contributed by atoms with Crippen molar-refractivity contribution in [1.29, 1.82) is 0 Å². The van der Waals surface area contributed by atoms with Crippen LogP contribution in [0.2, 0.25) is 0 Å². The summed E-state index contributed by atoms with van der Waals surface area (Å²) in [5.41, 5.74) is 7.07. The first kappa shape index (κ1) is 24.8. The van der Waals surface area contributed by atoms with Crippen LogP contribution in [0.4, 0.5) is 10.5 Å². The summed E-state index contributed by atoms with van der Waals surface area (Å²) in [5, 5.41) is 16.6. The van der Waals surface area contributed by atoms with Gasteiger partial charge in [0.1, 0.15) is 17.5 Å². The highest BCUT2D eigenvalue weighted by Crippen LogP contribution is 2.52. The lowest BCUT2D eigenvalue weighted by Gasteiger charge is -2.14. The first-order chi connectivity index (χ1) is 18.9. The standard InChI is InChI=1S/C30H25N3O5S/c1-17-24(32-29(36)37-18(2)19-6-4-3-5-7-19)26(38-33-17)21-10-8-20(9-11-21)22-12-13-23(27-25(22)31-16-39-27)30(14-15-30)28(34)35/h3-13,16,18H,14-15H2,1-2H3,(H,32,36)(H,34,35). The highest BCUT2D eigenvalue weighted by molar-refractivity contribution is 7.17. The number of amides is 1. The molecule has 1 atom stereocenters. The van der Waals surface area contributed by atoms with E-state index in [9.17, 15) is 14.7 Å². The van der Waals surface area contributed by atoms with Gasteiger partial charge < -0.3 is 14.4 Å². The van der Waals surface area contributed by atoms with Crippen molar-refractivity contribution in [2.24, 2.45) is 0 Å². The molecule has 0 saturated heterocycles. The van der Waals surface area contributed by atoms with Gasteiger partial charge in [0.05, 0.1) is 21.1 Å². The van der Waals surface area contributed by atoms with Crippen LogP contribution in [0.1, 0.15) is 42.7 Å². The van der Waals surface area contributed by atoms with Gasteiger partial charge in [-0.1, -0.05) is 71.9 Å². The highest BCUT2D eigenvalue weighted by atomic mass is 32.1. The van der Waals surface area contributed by atoms with Crippen LogP contribution >= 0.6 is 11.3 Å². The first-order valence-electron chi connectivity index (χ1n) is 12.6. The number of benzene rings is 3. The van der Waals surface area contributed by atoms with Crippen molar-refractivity contribution in [3.05, 3.63) is 89.1 Å². The van der Waals surface area contributed by atoms with E-state index in [2.05, 4.69) is 15.5 Å². The van der Waals surface area contributed by atoms with E-state index in [1.54, 1.807) is 12.4 Å². The number of rotatable bonds is 7. The molecule has 39 heavy (non-hydrogen) atoms. The number of hydrogen-bond donors (Lipinski definition) is 2. The van der Waals surface area contributed by atoms with Gasteiger partial charge in [0.2, 0.25) is 0 Å². The predicted octanol–water partition coefficient (Wildman–Crippen LogP) is 7.35. The number of anilines is 1. The molecule has 0 spiro atoms. The van der Waals surface area contributed by atoms with Crippen molar-refractivity contribution in [3.63, 3.8) is 0 Å². The molecule has 6 rings (SSSR count). The van der Waals surface area contributed by atoms with Crippen molar-refractivity contribution < 1.29 is 24.0 Å². The third-order valence-electron chi connectivity index (χ3n) is 7.26. The van der Waals surface area contributed by atoms with Crippen LogP contribution in [0.5, 0.6) is 0 Å². The lowest BCUT2D eigenvalue weighted by molar-refractivity contribution is -0.140. The molecule has 9 heteroatoms. The largest absolute Gasteiger partial charge is 0.481 e. The minimum atomic E-state index is -0.791. The molecule has 3 aromatic carbocycles. The Hall–Kier alpha value is -4.50. The molecule has 8 nitrogen and oxygen atoms in total. The molecule has 0 aliphatic heterocycles. The van der Waals surface area contributed by atoms with Crippen molar-refractivity contribution in [2.75, 3.05) is 5.32 Å². The van der Waals surface area contributed by atoms with Gasteiger partial charge in [0.25, 0.3) is 0 Å². The summed E-state index contributed by atoms with van der Waals surface area (Å²) in [5.74, 6) is -0.353. The molecule has 2 N–H and O–H groups in total. The number of aromatic nitrogens is 2. The summed E-state index contributed by atoms with van der Waals surface area (Å²) in [7, 11) is 0. The van der Waals surface area contributed by atoms with Gasteiger partial charge in [-0.15, -0.1) is 11.3 Å². The van der Waals surface area contributed by atoms with Crippen LogP contribution in [0.3, 0.4) is 0 Å². The van der Waals surface area contributed by atoms with Crippen molar-refractivity contribution in [3.8, 4) is 22.5 Å². The molecule has 5 aromatic rings. The second-order valence-electron chi connectivity index (χ2n) is 9.71. The SMILES string of the molecule is Cc1noc(-c2ccc(-c3ccc(C4(C(=O)O)CC4)c4scnc34)cc2)c1NC(=O)OC(C)c1ccccc1. The highest BCUT2D eigenvalue weighted by Gasteiger charge is 2.52. The first-order valence-corrected chi connectivity index (χ1v) is 13.4. The number of ether oxygens (including phenoxy) is 1. The number of nitrogens with one attached hydrogen (secondary N) is 1. The maximum atomic E-state index is 12.7. The summed E-state index contributed by atoms with van der Waals surface area (Å²) >= 11 is 1.47. The number of carbonyl (C=O) groups excluding carboxylic acids is 1. The van der Waals surface area contributed by atoms with Crippen LogP contribution in [0, 0.1) is 6.92 Å². The normalized spacial score (nSPS) is 14.6. The van der Waals surface area contributed by atoms with Gasteiger partial charge in [-0.3, -0.25) is 10.1 Å². The van der Waals surface area contributed by atoms with Crippen LogP contribution < -0.4 is 5.32 Å². The molecule has 2 heterocycles. The van der Waals surface area contributed by atoms with E-state index in [4.69, 9.17) is 9.26 Å². The third kappa shape index (κ3) is 4.44. The van der Waals surface area contributed by atoms with Crippen LogP contribution in [-0.4, -0.2) is 27.3 Å². The quantitative estimate of drug-likeness (QED) is 0.222. The number of carboxylic acids is 1. The average molecular weight is 540 g/mol. The number of aliphatic carboxylic acids is 1. The minimum Gasteiger partial charge on any atom is -0.481 e. The average Bonchev–Trinajstić information content (AvgIpc) is 3.48. The molecule has 1 amide bonds. The van der Waals surface area contributed by atoms with E-state index in [0.717, 1.165) is 38.0 Å². The molecular formula is C30H25N3O5S. The zero-order valence-electron chi connectivity index (χ0n) is 21.3. The van der Waals surface area contributed by atoms with E-state index < -0.39 is 23.6 Å². The maximum Gasteiger partial charge on any atom is 0.412 e. The van der Waals surface area contributed by atoms with Gasteiger partial charge in [-0.05, 0) is 43.4 Å². The van der Waals surface area contributed by atoms with Gasteiger partial charge in [0.15, 0.2) is 5.76 Å². The second kappa shape index (κ2) is 9.67. The lowest BCUT2D eigenvalue weighted by atomic mass is 9.92. The van der Waals surface area contributed by atoms with Gasteiger partial charge in [-0.25, -0.2) is 9.78 Å². The number of nitrogens with zero attached hydrogens (tertiary/aromatic N) is 2. The summed E-state index contributed by atoms with van der Waals surface area (Å²) in [4.78, 5) is 29.2. The van der Waals surface area contributed by atoms with Gasteiger partial charge in [-0.2, -0.15) is 0 Å². The van der Waals surface area contributed by atoms with Crippen molar-refractivity contribution in [1.82, 2.24) is 10.1 Å². The fourth-order valence-corrected chi connectivity index (χ4v) is 5.81. The van der Waals surface area contributed by atoms with E-state index in [1.807, 2.05) is 73.7 Å². The summed E-state index contributed by atoms with van der Waals surface area (Å²) < 4.78 is 12.0. The number of carbonyl (C=O) groups is 2. The molecule has 1 aliphatic rings. The Morgan fingerprint density at radius 3 is 2.46 bits per heavy atom. The fourth-order valence-electron chi connectivity index (χ4n) is 4.88. The monoisotopic (exact) mass is 539 g/mol. The number of aryl methyl sites for hydroxylation is 1. The van der Waals surface area contributed by atoms with Crippen molar-refractivity contribution >= 4 is 39.3 Å². The topological polar surface area (TPSA) is 115 Å². The number of fused-ring (bicyclic) bond motifs is 1. The molecule has 1 saturated carbocycles. The zero-order valence-corrected chi connectivity index (χ0v) is 22.1. The number of thiazole rings is 1. The Morgan fingerprint density at radius 2 is 1.77 bits per heavy atom. The van der Waals surface area contributed by atoms with Gasteiger partial charge >= 0.3 is 12.1 Å². The second-order valence-corrected chi connectivity index (χ2v) is 10.6. The van der Waals surface area contributed by atoms with Crippen molar-refractivity contribution in [2.45, 2.75) is 38.2 Å². The van der Waals surface area contributed by atoms with E-state index in [1.165, 1.54) is 11.3 Å². The van der Waals surface area contributed by atoms with Crippen LogP contribution in [-0.2, 0) is 14.9 Å². The molecule has 196 valence electrons. The smallest absolute Gasteiger partial charge is 0.412 e.